The van der Waals surface area contributed by atoms with E-state index in [-0.39, 0.29) is 23.3 Å². The summed E-state index contributed by atoms with van der Waals surface area (Å²) >= 11 is 0. The molecule has 8 aromatic carbocycles. The largest absolute Gasteiger partial charge is 0.207 e. The first-order chi connectivity index (χ1) is 28.3. The van der Waals surface area contributed by atoms with Gasteiger partial charge in [0, 0.05) is 0 Å². The number of benzene rings is 8. The van der Waals surface area contributed by atoms with Crippen molar-refractivity contribution in [1.82, 2.24) is 0 Å². The van der Waals surface area contributed by atoms with Crippen molar-refractivity contribution < 1.29 is 17.6 Å². The normalized spacial score (nSPS) is 11.3. The van der Waals surface area contributed by atoms with Crippen molar-refractivity contribution in [2.75, 3.05) is 0 Å². The Balaban J connectivity index is 1.05. The summed E-state index contributed by atoms with van der Waals surface area (Å²) in [6, 6.07) is 54.3. The molecule has 0 heterocycles. The lowest BCUT2D eigenvalue weighted by molar-refractivity contribution is 0.627. The van der Waals surface area contributed by atoms with E-state index in [0.717, 1.165) is 77.6 Å². The first kappa shape index (κ1) is 37.6. The third-order valence-electron chi connectivity index (χ3n) is 9.98. The Morgan fingerprint density at radius 1 is 0.293 bits per heavy atom. The summed E-state index contributed by atoms with van der Waals surface area (Å²) < 4.78 is 55.0. The van der Waals surface area contributed by atoms with Crippen LogP contribution in [0.5, 0.6) is 0 Å². The maximum atomic E-state index is 13.8. The molecular formula is C54H36F4. The Hall–Kier alpha value is -7.30. The molecule has 8 aromatic rings. The van der Waals surface area contributed by atoms with Gasteiger partial charge in [0.2, 0.25) is 0 Å². The van der Waals surface area contributed by atoms with Gasteiger partial charge < -0.3 is 0 Å². The highest BCUT2D eigenvalue weighted by Gasteiger charge is 2.09. The van der Waals surface area contributed by atoms with Gasteiger partial charge in [0.25, 0.3) is 0 Å². The predicted octanol–water partition coefficient (Wildman–Crippen LogP) is 14.9. The smallest absolute Gasteiger partial charge is 0.123 e. The average molecular weight is 761 g/mol. The molecule has 4 heteroatoms. The molecule has 280 valence electrons. The minimum atomic E-state index is -0.315. The monoisotopic (exact) mass is 760 g/mol. The van der Waals surface area contributed by atoms with Gasteiger partial charge in [0.1, 0.15) is 23.3 Å². The van der Waals surface area contributed by atoms with Crippen LogP contribution in [-0.4, -0.2) is 0 Å². The minimum Gasteiger partial charge on any atom is -0.207 e. The van der Waals surface area contributed by atoms with Crippen LogP contribution in [0.2, 0.25) is 0 Å². The average Bonchev–Trinajstić information content (AvgIpc) is 3.25. The Kier molecular flexibility index (Phi) is 11.2. The summed E-state index contributed by atoms with van der Waals surface area (Å²) in [5.74, 6) is -1.26. The van der Waals surface area contributed by atoms with Crippen LogP contribution in [0, 0.1) is 23.3 Å². The lowest BCUT2D eigenvalue weighted by Crippen LogP contribution is -1.90. The van der Waals surface area contributed by atoms with Crippen molar-refractivity contribution in [1.29, 1.82) is 0 Å². The molecule has 0 saturated carbocycles. The van der Waals surface area contributed by atoms with Crippen LogP contribution in [0.15, 0.2) is 182 Å². The molecule has 0 nitrogen and oxygen atoms in total. The zero-order valence-electron chi connectivity index (χ0n) is 31.3. The maximum Gasteiger partial charge on any atom is 0.123 e. The van der Waals surface area contributed by atoms with E-state index in [0.29, 0.717) is 0 Å². The standard InChI is InChI=1S/C54H36F4/c55-49-25-17-41(18-26-49)53(42-19-27-50(56)28-20-42)33-39-9-5-37(6-10-39)13-15-47-35-45-3-1-2-4-46(45)36-48(47)16-14-38-7-11-40(12-8-38)34-54(43-21-29-51(57)30-22-43)44-23-31-52(58)32-24-44/h1-36H/b15-13+,16-14+. The van der Waals surface area contributed by atoms with Crippen LogP contribution in [0.25, 0.3) is 58.4 Å². The van der Waals surface area contributed by atoms with Crippen LogP contribution >= 0.6 is 0 Å². The molecule has 0 atom stereocenters. The quantitative estimate of drug-likeness (QED) is 0.0962. The molecule has 0 spiro atoms. The zero-order chi connectivity index (χ0) is 39.8. The number of hydrogen-bond donors (Lipinski definition) is 0. The van der Waals surface area contributed by atoms with Crippen molar-refractivity contribution in [3.8, 4) is 0 Å². The summed E-state index contributed by atoms with van der Waals surface area (Å²) in [5.41, 5.74) is 11.1. The van der Waals surface area contributed by atoms with E-state index in [1.54, 1.807) is 48.5 Å². The molecule has 0 saturated heterocycles. The van der Waals surface area contributed by atoms with Gasteiger partial charge in [-0.1, -0.05) is 146 Å². The highest BCUT2D eigenvalue weighted by Crippen LogP contribution is 2.30. The third kappa shape index (κ3) is 9.21. The Morgan fingerprint density at radius 2 is 0.569 bits per heavy atom. The van der Waals surface area contributed by atoms with Crippen molar-refractivity contribution in [2.24, 2.45) is 0 Å². The lowest BCUT2D eigenvalue weighted by atomic mass is 9.95. The molecular weight excluding hydrogens is 725 g/mol. The molecule has 0 amide bonds. The first-order valence-corrected chi connectivity index (χ1v) is 18.9. The van der Waals surface area contributed by atoms with Crippen molar-refractivity contribution in [3.63, 3.8) is 0 Å². The number of rotatable bonds is 10. The fraction of sp³-hybridized carbons (Fsp3) is 0. The predicted molar refractivity (Wildman–Crippen MR) is 234 cm³/mol. The highest BCUT2D eigenvalue weighted by molar-refractivity contribution is 5.94. The topological polar surface area (TPSA) is 0 Å². The Bertz CT molecular complexity index is 2500. The van der Waals surface area contributed by atoms with Crippen molar-refractivity contribution in [3.05, 3.63) is 261 Å². The van der Waals surface area contributed by atoms with E-state index >= 15 is 0 Å². The van der Waals surface area contributed by atoms with E-state index in [9.17, 15) is 17.6 Å². The van der Waals surface area contributed by atoms with Crippen LogP contribution in [0.1, 0.15) is 55.6 Å². The van der Waals surface area contributed by atoms with Crippen molar-refractivity contribution >= 4 is 58.4 Å². The van der Waals surface area contributed by atoms with E-state index in [1.165, 1.54) is 48.5 Å². The second-order valence-electron chi connectivity index (χ2n) is 14.0. The maximum absolute atomic E-state index is 13.8. The molecule has 58 heavy (non-hydrogen) atoms. The van der Waals surface area contributed by atoms with Gasteiger partial charge in [-0.3, -0.25) is 0 Å². The van der Waals surface area contributed by atoms with E-state index in [1.807, 2.05) is 48.6 Å². The molecule has 0 aliphatic carbocycles. The highest BCUT2D eigenvalue weighted by atomic mass is 19.1. The third-order valence-corrected chi connectivity index (χ3v) is 9.98. The molecule has 8 rings (SSSR count). The summed E-state index contributed by atoms with van der Waals surface area (Å²) in [7, 11) is 0. The van der Waals surface area contributed by atoms with E-state index in [4.69, 9.17) is 0 Å². The van der Waals surface area contributed by atoms with Gasteiger partial charge in [-0.05, 0) is 150 Å². The zero-order valence-corrected chi connectivity index (χ0v) is 31.3. The van der Waals surface area contributed by atoms with Gasteiger partial charge in [-0.25, -0.2) is 17.6 Å². The molecule has 0 fully saturated rings. The molecule has 0 bridgehead atoms. The van der Waals surface area contributed by atoms with Gasteiger partial charge in [-0.2, -0.15) is 0 Å². The molecule has 0 unspecified atom stereocenters. The molecule has 0 N–H and O–H groups in total. The second-order valence-corrected chi connectivity index (χ2v) is 14.0. The molecule has 0 aliphatic rings. The fourth-order valence-electron chi connectivity index (χ4n) is 6.86. The van der Waals surface area contributed by atoms with E-state index < -0.39 is 0 Å². The van der Waals surface area contributed by atoms with Gasteiger partial charge >= 0.3 is 0 Å². The second kappa shape index (κ2) is 17.2. The van der Waals surface area contributed by atoms with Gasteiger partial charge in [0.15, 0.2) is 0 Å². The summed E-state index contributed by atoms with van der Waals surface area (Å²) in [6.45, 7) is 0. The molecule has 0 radical (unpaired) electrons. The number of hydrogen-bond acceptors (Lipinski definition) is 0. The number of halogens is 4. The van der Waals surface area contributed by atoms with Crippen LogP contribution in [0.4, 0.5) is 17.6 Å². The van der Waals surface area contributed by atoms with Crippen LogP contribution < -0.4 is 0 Å². The minimum absolute atomic E-state index is 0.315. The summed E-state index contributed by atoms with van der Waals surface area (Å²) in [6.07, 6.45) is 12.5. The van der Waals surface area contributed by atoms with E-state index in [2.05, 4.69) is 72.8 Å². The first-order valence-electron chi connectivity index (χ1n) is 18.9. The SMILES string of the molecule is Fc1ccc(C(=Cc2ccc(/C=C/c3cc4ccccc4cc3/C=C/c3ccc(C=C(c4ccc(F)cc4)c4ccc(F)cc4)cc3)cc2)c2ccc(F)cc2)cc1. The Morgan fingerprint density at radius 3 is 0.862 bits per heavy atom. The summed E-state index contributed by atoms with van der Waals surface area (Å²) in [5, 5.41) is 2.28. The number of fused-ring (bicyclic) bond motifs is 1. The van der Waals surface area contributed by atoms with Gasteiger partial charge in [-0.15, -0.1) is 0 Å². The Labute approximate surface area is 335 Å². The molecule has 0 aliphatic heterocycles. The summed E-state index contributed by atoms with van der Waals surface area (Å²) in [4.78, 5) is 0. The molecule has 0 aromatic heterocycles. The van der Waals surface area contributed by atoms with Crippen LogP contribution in [0.3, 0.4) is 0 Å². The fourth-order valence-corrected chi connectivity index (χ4v) is 6.86. The van der Waals surface area contributed by atoms with Crippen molar-refractivity contribution in [2.45, 2.75) is 0 Å². The lowest BCUT2D eigenvalue weighted by Gasteiger charge is -2.10. The van der Waals surface area contributed by atoms with Crippen LogP contribution in [-0.2, 0) is 0 Å². The van der Waals surface area contributed by atoms with Gasteiger partial charge in [0.05, 0.1) is 0 Å².